The summed E-state index contributed by atoms with van der Waals surface area (Å²) in [6, 6.07) is -0.387. The number of nitrogens with two attached hydrogens (primary N) is 1. The van der Waals surface area contributed by atoms with Crippen LogP contribution in [0.15, 0.2) is 0 Å². The SMILES string of the molecule is Cc1nc2c(c(C)c1C)N(C(N)=O)CC2. The van der Waals surface area contributed by atoms with Gasteiger partial charge in [-0.1, -0.05) is 0 Å². The Bertz CT molecular complexity index is 440. The van der Waals surface area contributed by atoms with Crippen LogP contribution >= 0.6 is 0 Å². The second-order valence-electron chi connectivity index (χ2n) is 3.98. The van der Waals surface area contributed by atoms with E-state index in [1.54, 1.807) is 4.90 Å². The number of hydrogen-bond donors (Lipinski definition) is 1. The molecule has 2 N–H and O–H groups in total. The second kappa shape index (κ2) is 3.22. The normalized spacial score (nSPS) is 14.2. The van der Waals surface area contributed by atoms with Crippen molar-refractivity contribution < 1.29 is 4.79 Å². The molecule has 0 atom stereocenters. The molecule has 0 spiro atoms. The summed E-state index contributed by atoms with van der Waals surface area (Å²) in [5.74, 6) is 0. The Kier molecular flexibility index (Phi) is 2.14. The number of carbonyl (C=O) groups is 1. The van der Waals surface area contributed by atoms with Crippen LogP contribution in [0.5, 0.6) is 0 Å². The number of pyridine rings is 1. The first-order valence-electron chi connectivity index (χ1n) is 5.06. The summed E-state index contributed by atoms with van der Waals surface area (Å²) in [5.41, 5.74) is 10.5. The minimum Gasteiger partial charge on any atom is -0.351 e. The van der Waals surface area contributed by atoms with E-state index in [9.17, 15) is 4.79 Å². The van der Waals surface area contributed by atoms with Crippen molar-refractivity contribution in [3.63, 3.8) is 0 Å². The molecule has 4 heteroatoms. The predicted octanol–water partition coefficient (Wildman–Crippen LogP) is 1.45. The Morgan fingerprint density at radius 1 is 1.33 bits per heavy atom. The van der Waals surface area contributed by atoms with Crippen LogP contribution in [0, 0.1) is 20.8 Å². The maximum atomic E-state index is 11.2. The van der Waals surface area contributed by atoms with Crippen LogP contribution in [0.1, 0.15) is 22.5 Å². The fourth-order valence-corrected chi connectivity index (χ4v) is 2.09. The van der Waals surface area contributed by atoms with Crippen molar-refractivity contribution in [3.05, 3.63) is 22.5 Å². The van der Waals surface area contributed by atoms with E-state index in [1.807, 2.05) is 20.8 Å². The zero-order valence-electron chi connectivity index (χ0n) is 9.29. The number of fused-ring (bicyclic) bond motifs is 1. The van der Waals surface area contributed by atoms with Gasteiger partial charge in [-0.05, 0) is 31.9 Å². The lowest BCUT2D eigenvalue weighted by molar-refractivity contribution is 0.254. The molecule has 1 aromatic heterocycles. The molecule has 80 valence electrons. The molecule has 0 unspecified atom stereocenters. The molecule has 0 bridgehead atoms. The fourth-order valence-electron chi connectivity index (χ4n) is 2.09. The van der Waals surface area contributed by atoms with Crippen molar-refractivity contribution in [1.82, 2.24) is 4.98 Å². The van der Waals surface area contributed by atoms with Crippen molar-refractivity contribution in [3.8, 4) is 0 Å². The number of nitrogens with zero attached hydrogens (tertiary/aromatic N) is 2. The molecule has 15 heavy (non-hydrogen) atoms. The zero-order chi connectivity index (χ0) is 11.2. The third-order valence-corrected chi connectivity index (χ3v) is 3.14. The highest BCUT2D eigenvalue weighted by Crippen LogP contribution is 2.32. The van der Waals surface area contributed by atoms with Gasteiger partial charge in [0.25, 0.3) is 0 Å². The number of anilines is 1. The van der Waals surface area contributed by atoms with Gasteiger partial charge in [0.15, 0.2) is 0 Å². The molecule has 0 aliphatic carbocycles. The second-order valence-corrected chi connectivity index (χ2v) is 3.98. The topological polar surface area (TPSA) is 59.2 Å². The van der Waals surface area contributed by atoms with Gasteiger partial charge < -0.3 is 5.73 Å². The van der Waals surface area contributed by atoms with Crippen LogP contribution in [-0.4, -0.2) is 17.6 Å². The van der Waals surface area contributed by atoms with Crippen molar-refractivity contribution in [2.75, 3.05) is 11.4 Å². The molecular weight excluding hydrogens is 190 g/mol. The Morgan fingerprint density at radius 3 is 2.60 bits per heavy atom. The standard InChI is InChI=1S/C11H15N3O/c1-6-7(2)10-9(13-8(6)3)4-5-14(10)11(12)15/h4-5H2,1-3H3,(H2,12,15). The highest BCUT2D eigenvalue weighted by molar-refractivity contribution is 5.93. The highest BCUT2D eigenvalue weighted by atomic mass is 16.2. The van der Waals surface area contributed by atoms with Gasteiger partial charge in [-0.2, -0.15) is 0 Å². The largest absolute Gasteiger partial charge is 0.351 e. The van der Waals surface area contributed by atoms with E-state index < -0.39 is 0 Å². The molecule has 2 rings (SSSR count). The van der Waals surface area contributed by atoms with Crippen LogP contribution in [0.25, 0.3) is 0 Å². The van der Waals surface area contributed by atoms with Gasteiger partial charge in [0.2, 0.25) is 0 Å². The Balaban J connectivity index is 2.62. The van der Waals surface area contributed by atoms with E-state index in [0.717, 1.165) is 34.6 Å². The van der Waals surface area contributed by atoms with E-state index >= 15 is 0 Å². The Hall–Kier alpha value is -1.58. The molecule has 1 aromatic rings. The Labute approximate surface area is 89.1 Å². The molecule has 0 radical (unpaired) electrons. The molecule has 2 heterocycles. The van der Waals surface area contributed by atoms with Gasteiger partial charge in [-0.3, -0.25) is 9.88 Å². The van der Waals surface area contributed by atoms with E-state index in [4.69, 9.17) is 5.73 Å². The van der Waals surface area contributed by atoms with Gasteiger partial charge in [0.1, 0.15) is 0 Å². The third kappa shape index (κ3) is 1.37. The van der Waals surface area contributed by atoms with E-state index in [0.29, 0.717) is 6.54 Å². The smallest absolute Gasteiger partial charge is 0.319 e. The predicted molar refractivity (Wildman–Crippen MR) is 59.1 cm³/mol. The van der Waals surface area contributed by atoms with Crippen molar-refractivity contribution in [2.45, 2.75) is 27.2 Å². The van der Waals surface area contributed by atoms with E-state index in [-0.39, 0.29) is 6.03 Å². The van der Waals surface area contributed by atoms with Crippen LogP contribution < -0.4 is 10.6 Å². The number of aryl methyl sites for hydroxylation is 1. The summed E-state index contributed by atoms with van der Waals surface area (Å²) in [6.07, 6.45) is 0.806. The van der Waals surface area contributed by atoms with Crippen LogP contribution in [0.3, 0.4) is 0 Å². The monoisotopic (exact) mass is 205 g/mol. The number of rotatable bonds is 0. The molecule has 1 aliphatic heterocycles. The maximum Gasteiger partial charge on any atom is 0.319 e. The van der Waals surface area contributed by atoms with Crippen molar-refractivity contribution >= 4 is 11.7 Å². The van der Waals surface area contributed by atoms with Gasteiger partial charge in [-0.15, -0.1) is 0 Å². The molecule has 4 nitrogen and oxygen atoms in total. The lowest BCUT2D eigenvalue weighted by Crippen LogP contribution is -2.34. The first kappa shape index (κ1) is 9.96. The summed E-state index contributed by atoms with van der Waals surface area (Å²) in [6.45, 7) is 6.69. The molecule has 2 amide bonds. The number of urea groups is 1. The maximum absolute atomic E-state index is 11.2. The summed E-state index contributed by atoms with van der Waals surface area (Å²) in [4.78, 5) is 17.3. The zero-order valence-corrected chi connectivity index (χ0v) is 9.29. The number of primary amides is 1. The van der Waals surface area contributed by atoms with E-state index in [2.05, 4.69) is 4.98 Å². The van der Waals surface area contributed by atoms with Crippen LogP contribution in [0.4, 0.5) is 10.5 Å². The summed E-state index contributed by atoms with van der Waals surface area (Å²) < 4.78 is 0. The highest BCUT2D eigenvalue weighted by Gasteiger charge is 2.27. The minimum atomic E-state index is -0.387. The van der Waals surface area contributed by atoms with Crippen LogP contribution in [-0.2, 0) is 6.42 Å². The molecule has 0 saturated carbocycles. The molecule has 0 saturated heterocycles. The average Bonchev–Trinajstić information content (AvgIpc) is 2.58. The number of hydrogen-bond acceptors (Lipinski definition) is 2. The molecule has 0 fully saturated rings. The number of aromatic nitrogens is 1. The first-order valence-corrected chi connectivity index (χ1v) is 5.06. The molecule has 0 aromatic carbocycles. The first-order chi connectivity index (χ1) is 7.02. The lowest BCUT2D eigenvalue weighted by Gasteiger charge is -2.18. The lowest BCUT2D eigenvalue weighted by atomic mass is 10.1. The summed E-state index contributed by atoms with van der Waals surface area (Å²) in [5, 5.41) is 0. The van der Waals surface area contributed by atoms with Gasteiger partial charge in [0.05, 0.1) is 11.4 Å². The number of carbonyl (C=O) groups excluding carboxylic acids is 1. The van der Waals surface area contributed by atoms with Crippen molar-refractivity contribution in [1.29, 1.82) is 0 Å². The van der Waals surface area contributed by atoms with Crippen LogP contribution in [0.2, 0.25) is 0 Å². The molecular formula is C11H15N3O. The third-order valence-electron chi connectivity index (χ3n) is 3.14. The molecule has 1 aliphatic rings. The minimum absolute atomic E-state index is 0.387. The quantitative estimate of drug-likeness (QED) is 0.696. The number of amides is 2. The van der Waals surface area contributed by atoms with Gasteiger partial charge in [-0.25, -0.2) is 4.79 Å². The average molecular weight is 205 g/mol. The summed E-state index contributed by atoms with van der Waals surface area (Å²) in [7, 11) is 0. The van der Waals surface area contributed by atoms with Gasteiger partial charge in [0, 0.05) is 18.7 Å². The van der Waals surface area contributed by atoms with Crippen molar-refractivity contribution in [2.24, 2.45) is 5.73 Å². The summed E-state index contributed by atoms with van der Waals surface area (Å²) >= 11 is 0. The van der Waals surface area contributed by atoms with E-state index in [1.165, 1.54) is 0 Å². The van der Waals surface area contributed by atoms with Gasteiger partial charge >= 0.3 is 6.03 Å². The fraction of sp³-hybridized carbons (Fsp3) is 0.455. The Morgan fingerprint density at radius 2 is 2.00 bits per heavy atom.